The number of hydrogen-bond donors (Lipinski definition) is 1. The lowest BCUT2D eigenvalue weighted by atomic mass is 10.1. The van der Waals surface area contributed by atoms with Gasteiger partial charge in [-0.3, -0.25) is 9.59 Å². The van der Waals surface area contributed by atoms with Gasteiger partial charge in [-0.15, -0.1) is 11.3 Å². The highest BCUT2D eigenvalue weighted by atomic mass is 32.1. The maximum absolute atomic E-state index is 12.9. The van der Waals surface area contributed by atoms with Crippen LogP contribution in [0.3, 0.4) is 0 Å². The maximum Gasteiger partial charge on any atom is 0.264 e. The number of hydrogen-bond acceptors (Lipinski definition) is 4. The molecule has 4 rings (SSSR count). The van der Waals surface area contributed by atoms with Crippen molar-refractivity contribution in [2.24, 2.45) is 5.92 Å². The maximum atomic E-state index is 12.9. The van der Waals surface area contributed by atoms with E-state index in [0.29, 0.717) is 13.1 Å². The number of rotatable bonds is 5. The number of carbonyl (C=O) groups is 2. The number of piperidine rings is 1. The molecular weight excluding hydrogens is 360 g/mol. The van der Waals surface area contributed by atoms with Crippen molar-refractivity contribution in [3.05, 3.63) is 46.8 Å². The lowest BCUT2D eigenvalue weighted by Crippen LogP contribution is -2.41. The summed E-state index contributed by atoms with van der Waals surface area (Å²) in [4.78, 5) is 27.5. The van der Waals surface area contributed by atoms with E-state index in [0.717, 1.165) is 46.9 Å². The fourth-order valence-electron chi connectivity index (χ4n) is 3.34. The molecular formula is C21H24N2O3S. The van der Waals surface area contributed by atoms with Gasteiger partial charge in [-0.1, -0.05) is 18.2 Å². The molecule has 1 aliphatic carbocycles. The molecule has 2 heterocycles. The number of ether oxygens (including phenoxy) is 1. The van der Waals surface area contributed by atoms with Gasteiger partial charge in [0.25, 0.3) is 5.91 Å². The van der Waals surface area contributed by atoms with Crippen molar-refractivity contribution in [2.45, 2.75) is 38.7 Å². The molecule has 5 nitrogen and oxygen atoms in total. The molecule has 0 bridgehead atoms. The number of thiophene rings is 1. The van der Waals surface area contributed by atoms with Gasteiger partial charge >= 0.3 is 0 Å². The molecule has 1 aromatic carbocycles. The van der Waals surface area contributed by atoms with E-state index < -0.39 is 0 Å². The third kappa shape index (κ3) is 4.33. The molecule has 0 unspecified atom stereocenters. The largest absolute Gasteiger partial charge is 0.490 e. The van der Waals surface area contributed by atoms with Crippen LogP contribution in [0.4, 0.5) is 5.00 Å². The Morgan fingerprint density at radius 2 is 1.81 bits per heavy atom. The molecule has 2 aliphatic rings. The number of anilines is 1. The molecule has 1 saturated carbocycles. The SMILES string of the molecule is Cc1cc(NC(=O)C2CC2)sc1C(=O)N1CCC(Oc2ccccc2)CC1. The molecule has 0 spiro atoms. The number of aryl methyl sites for hydroxylation is 1. The van der Waals surface area contributed by atoms with Crippen molar-refractivity contribution in [1.82, 2.24) is 4.90 Å². The topological polar surface area (TPSA) is 58.6 Å². The summed E-state index contributed by atoms with van der Waals surface area (Å²) in [6.45, 7) is 3.32. The molecule has 1 aliphatic heterocycles. The third-order valence-electron chi connectivity index (χ3n) is 5.08. The van der Waals surface area contributed by atoms with E-state index in [1.54, 1.807) is 0 Å². The molecule has 2 aromatic rings. The van der Waals surface area contributed by atoms with Crippen LogP contribution in [0.1, 0.15) is 40.9 Å². The average Bonchev–Trinajstić information content (AvgIpc) is 3.47. The zero-order chi connectivity index (χ0) is 18.8. The van der Waals surface area contributed by atoms with Crippen LogP contribution in [0.15, 0.2) is 36.4 Å². The first-order valence-electron chi connectivity index (χ1n) is 9.52. The van der Waals surface area contributed by atoms with Gasteiger partial charge in [-0.2, -0.15) is 0 Å². The van der Waals surface area contributed by atoms with Crippen LogP contribution in [0.5, 0.6) is 5.75 Å². The Labute approximate surface area is 163 Å². The first-order valence-corrected chi connectivity index (χ1v) is 10.3. The summed E-state index contributed by atoms with van der Waals surface area (Å²) in [5.41, 5.74) is 0.929. The van der Waals surface area contributed by atoms with Crippen molar-refractivity contribution >= 4 is 28.2 Å². The van der Waals surface area contributed by atoms with Gasteiger partial charge in [0.15, 0.2) is 0 Å². The molecule has 1 aromatic heterocycles. The summed E-state index contributed by atoms with van der Waals surface area (Å²) in [5, 5.41) is 3.72. The molecule has 6 heteroatoms. The van der Waals surface area contributed by atoms with E-state index in [2.05, 4.69) is 5.32 Å². The Hall–Kier alpha value is -2.34. The van der Waals surface area contributed by atoms with E-state index in [4.69, 9.17) is 4.74 Å². The summed E-state index contributed by atoms with van der Waals surface area (Å²) >= 11 is 1.38. The fourth-order valence-corrected chi connectivity index (χ4v) is 4.38. The molecule has 2 amide bonds. The van der Waals surface area contributed by atoms with Gasteiger partial charge in [0.05, 0.1) is 9.88 Å². The molecule has 142 valence electrons. The smallest absolute Gasteiger partial charge is 0.264 e. The van der Waals surface area contributed by atoms with E-state index in [1.165, 1.54) is 11.3 Å². The van der Waals surface area contributed by atoms with Crippen molar-refractivity contribution in [2.75, 3.05) is 18.4 Å². The summed E-state index contributed by atoms with van der Waals surface area (Å²) < 4.78 is 6.01. The summed E-state index contributed by atoms with van der Waals surface area (Å²) in [6, 6.07) is 11.7. The minimum absolute atomic E-state index is 0.0579. The van der Waals surface area contributed by atoms with Crippen molar-refractivity contribution in [3.63, 3.8) is 0 Å². The van der Waals surface area contributed by atoms with E-state index in [9.17, 15) is 9.59 Å². The highest BCUT2D eigenvalue weighted by Crippen LogP contribution is 2.33. The Morgan fingerprint density at radius 1 is 1.11 bits per heavy atom. The predicted octanol–water partition coefficient (Wildman–Crippen LogP) is 4.09. The number of amides is 2. The van der Waals surface area contributed by atoms with E-state index in [1.807, 2.05) is 48.2 Å². The third-order valence-corrected chi connectivity index (χ3v) is 6.22. The van der Waals surface area contributed by atoms with Crippen LogP contribution < -0.4 is 10.1 Å². The second-order valence-electron chi connectivity index (χ2n) is 7.31. The highest BCUT2D eigenvalue weighted by molar-refractivity contribution is 7.18. The molecule has 27 heavy (non-hydrogen) atoms. The zero-order valence-electron chi connectivity index (χ0n) is 15.4. The Morgan fingerprint density at radius 3 is 2.48 bits per heavy atom. The zero-order valence-corrected chi connectivity index (χ0v) is 16.3. The number of likely N-dealkylation sites (tertiary alicyclic amines) is 1. The summed E-state index contributed by atoms with van der Waals surface area (Å²) in [7, 11) is 0. The summed E-state index contributed by atoms with van der Waals surface area (Å²) in [5.74, 6) is 1.18. The molecule has 1 saturated heterocycles. The Kier molecular flexibility index (Phi) is 5.16. The second kappa shape index (κ2) is 7.72. The van der Waals surface area contributed by atoms with Crippen LogP contribution >= 0.6 is 11.3 Å². The van der Waals surface area contributed by atoms with Gasteiger partial charge < -0.3 is 15.0 Å². The molecule has 1 N–H and O–H groups in total. The monoisotopic (exact) mass is 384 g/mol. The minimum atomic E-state index is 0.0579. The van der Waals surface area contributed by atoms with Gasteiger partial charge in [0, 0.05) is 31.8 Å². The predicted molar refractivity (Wildman–Crippen MR) is 106 cm³/mol. The van der Waals surface area contributed by atoms with Crippen LogP contribution in [-0.4, -0.2) is 35.9 Å². The second-order valence-corrected chi connectivity index (χ2v) is 8.36. The quantitative estimate of drug-likeness (QED) is 0.845. The first kappa shape index (κ1) is 18.0. The number of nitrogens with one attached hydrogen (secondary N) is 1. The van der Waals surface area contributed by atoms with Gasteiger partial charge in [0.2, 0.25) is 5.91 Å². The highest BCUT2D eigenvalue weighted by Gasteiger charge is 2.31. The Bertz CT molecular complexity index is 821. The summed E-state index contributed by atoms with van der Waals surface area (Å²) in [6.07, 6.45) is 3.76. The van der Waals surface area contributed by atoms with Gasteiger partial charge in [-0.05, 0) is 43.5 Å². The van der Waals surface area contributed by atoms with Gasteiger partial charge in [0.1, 0.15) is 11.9 Å². The van der Waals surface area contributed by atoms with Crippen LogP contribution in [0.25, 0.3) is 0 Å². The number of carbonyl (C=O) groups excluding carboxylic acids is 2. The lowest BCUT2D eigenvalue weighted by molar-refractivity contribution is -0.117. The van der Waals surface area contributed by atoms with E-state index in [-0.39, 0.29) is 23.8 Å². The average molecular weight is 385 g/mol. The number of nitrogens with zero attached hydrogens (tertiary/aromatic N) is 1. The molecule has 2 fully saturated rings. The van der Waals surface area contributed by atoms with Gasteiger partial charge in [-0.25, -0.2) is 0 Å². The van der Waals surface area contributed by atoms with Crippen LogP contribution in [0.2, 0.25) is 0 Å². The molecule has 0 atom stereocenters. The number of para-hydroxylation sites is 1. The normalized spacial score (nSPS) is 17.6. The van der Waals surface area contributed by atoms with Crippen LogP contribution in [-0.2, 0) is 4.79 Å². The van der Waals surface area contributed by atoms with Crippen molar-refractivity contribution in [3.8, 4) is 5.75 Å². The molecule has 0 radical (unpaired) electrons. The first-order chi connectivity index (χ1) is 13.1. The standard InChI is InChI=1S/C21H24N2O3S/c1-14-13-18(22-20(24)15-7-8-15)27-19(14)21(25)23-11-9-17(10-12-23)26-16-5-3-2-4-6-16/h2-6,13,15,17H,7-12H2,1H3,(H,22,24). The van der Waals surface area contributed by atoms with Crippen molar-refractivity contribution in [1.29, 1.82) is 0 Å². The van der Waals surface area contributed by atoms with Crippen molar-refractivity contribution < 1.29 is 14.3 Å². The fraction of sp³-hybridized carbons (Fsp3) is 0.429. The minimum Gasteiger partial charge on any atom is -0.490 e. The lowest BCUT2D eigenvalue weighted by Gasteiger charge is -2.32. The van der Waals surface area contributed by atoms with E-state index >= 15 is 0 Å². The van der Waals surface area contributed by atoms with Crippen LogP contribution in [0, 0.1) is 12.8 Å². The number of benzene rings is 1. The Balaban J connectivity index is 1.33.